The number of rotatable bonds is 10. The average molecular weight is 257 g/mol. The van der Waals surface area contributed by atoms with Gasteiger partial charge < -0.3 is 15.5 Å². The van der Waals surface area contributed by atoms with Crippen molar-refractivity contribution in [2.75, 3.05) is 40.3 Å². The molecule has 0 radical (unpaired) electrons. The van der Waals surface area contributed by atoms with E-state index in [0.29, 0.717) is 24.8 Å². The highest BCUT2D eigenvalue weighted by Gasteiger charge is 2.13. The highest BCUT2D eigenvalue weighted by atomic mass is 16.2. The molecule has 4 nitrogen and oxygen atoms in total. The minimum atomic E-state index is 0.294. The van der Waals surface area contributed by atoms with Gasteiger partial charge in [-0.3, -0.25) is 4.79 Å². The Hall–Kier alpha value is -0.610. The van der Waals surface area contributed by atoms with E-state index in [1.807, 2.05) is 19.0 Å². The fraction of sp³-hybridized carbons (Fsp3) is 0.929. The Morgan fingerprint density at radius 2 is 1.83 bits per heavy atom. The second kappa shape index (κ2) is 10.3. The van der Waals surface area contributed by atoms with Gasteiger partial charge >= 0.3 is 0 Å². The molecule has 0 fully saturated rings. The molecule has 0 aliphatic heterocycles. The molecular weight excluding hydrogens is 226 g/mol. The Balaban J connectivity index is 4.04. The first-order chi connectivity index (χ1) is 8.51. The predicted molar refractivity (Wildman–Crippen MR) is 77.5 cm³/mol. The molecule has 0 aliphatic rings. The first-order valence-electron chi connectivity index (χ1n) is 7.13. The number of likely N-dealkylation sites (N-methyl/N-ethyl adjacent to an activating group) is 1. The first-order valence-corrected chi connectivity index (χ1v) is 7.13. The van der Waals surface area contributed by atoms with E-state index < -0.39 is 0 Å². The Morgan fingerprint density at radius 1 is 1.17 bits per heavy atom. The van der Waals surface area contributed by atoms with Crippen LogP contribution in [0.4, 0.5) is 0 Å². The molecule has 0 heterocycles. The maximum absolute atomic E-state index is 12.1. The van der Waals surface area contributed by atoms with Crippen molar-refractivity contribution in [1.29, 1.82) is 0 Å². The van der Waals surface area contributed by atoms with Crippen molar-refractivity contribution in [3.63, 3.8) is 0 Å². The van der Waals surface area contributed by atoms with Crippen molar-refractivity contribution in [2.24, 2.45) is 11.7 Å². The summed E-state index contributed by atoms with van der Waals surface area (Å²) in [6.07, 6.45) is 3.66. The minimum absolute atomic E-state index is 0.294. The van der Waals surface area contributed by atoms with Crippen LogP contribution in [0, 0.1) is 5.92 Å². The average Bonchev–Trinajstić information content (AvgIpc) is 2.31. The number of amides is 1. The van der Waals surface area contributed by atoms with E-state index in [0.717, 1.165) is 38.9 Å². The van der Waals surface area contributed by atoms with Gasteiger partial charge in [0.05, 0.1) is 0 Å². The summed E-state index contributed by atoms with van der Waals surface area (Å²) in [6, 6.07) is 0. The van der Waals surface area contributed by atoms with Crippen molar-refractivity contribution < 1.29 is 4.79 Å². The Kier molecular flexibility index (Phi) is 9.98. The molecule has 0 rings (SSSR count). The van der Waals surface area contributed by atoms with E-state index in [1.165, 1.54) is 0 Å². The van der Waals surface area contributed by atoms with Crippen molar-refractivity contribution in [3.8, 4) is 0 Å². The monoisotopic (exact) mass is 257 g/mol. The van der Waals surface area contributed by atoms with Crippen molar-refractivity contribution in [2.45, 2.75) is 39.5 Å². The lowest BCUT2D eigenvalue weighted by Gasteiger charge is -2.24. The topological polar surface area (TPSA) is 49.6 Å². The van der Waals surface area contributed by atoms with Gasteiger partial charge in [0.2, 0.25) is 5.91 Å². The Labute approximate surface area is 113 Å². The summed E-state index contributed by atoms with van der Waals surface area (Å²) < 4.78 is 0. The quantitative estimate of drug-likeness (QED) is 0.646. The number of hydrogen-bond acceptors (Lipinski definition) is 3. The lowest BCUT2D eigenvalue weighted by molar-refractivity contribution is -0.131. The first kappa shape index (κ1) is 17.4. The number of nitrogens with zero attached hydrogens (tertiary/aromatic N) is 2. The van der Waals surface area contributed by atoms with Crippen molar-refractivity contribution in [1.82, 2.24) is 9.80 Å². The number of hydrogen-bond donors (Lipinski definition) is 1. The van der Waals surface area contributed by atoms with Gasteiger partial charge in [0.25, 0.3) is 0 Å². The molecule has 0 aliphatic carbocycles. The summed E-state index contributed by atoms with van der Waals surface area (Å²) in [7, 11) is 4.08. The lowest BCUT2D eigenvalue weighted by Crippen LogP contribution is -2.37. The number of nitrogens with two attached hydrogens (primary N) is 1. The highest BCUT2D eigenvalue weighted by molar-refractivity contribution is 5.76. The zero-order valence-electron chi connectivity index (χ0n) is 12.6. The SMILES string of the molecule is CCCN(CCN(C)C)C(=O)CCC(C)CCN. The second-order valence-corrected chi connectivity index (χ2v) is 5.41. The van der Waals surface area contributed by atoms with Crippen LogP contribution in [0.25, 0.3) is 0 Å². The van der Waals surface area contributed by atoms with Crippen LogP contribution in [0.15, 0.2) is 0 Å². The molecule has 0 bridgehead atoms. The Bertz CT molecular complexity index is 219. The standard InChI is InChI=1S/C14H31N3O/c1-5-10-17(12-11-16(3)4)14(18)7-6-13(2)8-9-15/h13H,5-12,15H2,1-4H3. The highest BCUT2D eigenvalue weighted by Crippen LogP contribution is 2.11. The predicted octanol–water partition coefficient (Wildman–Crippen LogP) is 1.55. The van der Waals surface area contributed by atoms with Gasteiger partial charge in [-0.15, -0.1) is 0 Å². The molecule has 0 aromatic heterocycles. The van der Waals surface area contributed by atoms with Crippen LogP contribution >= 0.6 is 0 Å². The molecule has 108 valence electrons. The summed E-state index contributed by atoms with van der Waals surface area (Å²) in [6.45, 7) is 7.65. The third kappa shape index (κ3) is 8.48. The van der Waals surface area contributed by atoms with Gasteiger partial charge in [-0.25, -0.2) is 0 Å². The zero-order chi connectivity index (χ0) is 14.0. The number of carbonyl (C=O) groups excluding carboxylic acids is 1. The van der Waals surface area contributed by atoms with Crippen molar-refractivity contribution >= 4 is 5.91 Å². The summed E-state index contributed by atoms with van der Waals surface area (Å²) in [5.74, 6) is 0.846. The fourth-order valence-corrected chi connectivity index (χ4v) is 1.91. The van der Waals surface area contributed by atoms with E-state index in [4.69, 9.17) is 5.73 Å². The normalized spacial score (nSPS) is 12.8. The van der Waals surface area contributed by atoms with Gasteiger partial charge in [-0.1, -0.05) is 13.8 Å². The van der Waals surface area contributed by atoms with Crippen LogP contribution in [-0.4, -0.2) is 56.0 Å². The molecule has 1 amide bonds. The number of carbonyl (C=O) groups is 1. The van der Waals surface area contributed by atoms with Gasteiger partial charge in [0.15, 0.2) is 0 Å². The molecule has 4 heteroatoms. The van der Waals surface area contributed by atoms with Gasteiger partial charge in [-0.05, 0) is 45.8 Å². The molecular formula is C14H31N3O. The maximum atomic E-state index is 12.1. The lowest BCUT2D eigenvalue weighted by atomic mass is 10.0. The van der Waals surface area contributed by atoms with Gasteiger partial charge in [-0.2, -0.15) is 0 Å². The second-order valence-electron chi connectivity index (χ2n) is 5.41. The van der Waals surface area contributed by atoms with Crippen LogP contribution < -0.4 is 5.73 Å². The van der Waals surface area contributed by atoms with E-state index in [1.54, 1.807) is 0 Å². The van der Waals surface area contributed by atoms with Crippen LogP contribution in [0.1, 0.15) is 39.5 Å². The van der Waals surface area contributed by atoms with Crippen LogP contribution in [0.2, 0.25) is 0 Å². The van der Waals surface area contributed by atoms with Gasteiger partial charge in [0, 0.05) is 26.1 Å². The molecule has 0 aromatic rings. The summed E-state index contributed by atoms with van der Waals surface area (Å²) in [5.41, 5.74) is 5.52. The van der Waals surface area contributed by atoms with Gasteiger partial charge in [0.1, 0.15) is 0 Å². The molecule has 18 heavy (non-hydrogen) atoms. The summed E-state index contributed by atoms with van der Waals surface area (Å²) >= 11 is 0. The summed E-state index contributed by atoms with van der Waals surface area (Å²) in [4.78, 5) is 16.2. The van der Waals surface area contributed by atoms with Crippen LogP contribution in [0.3, 0.4) is 0 Å². The van der Waals surface area contributed by atoms with Crippen LogP contribution in [0.5, 0.6) is 0 Å². The van der Waals surface area contributed by atoms with Crippen LogP contribution in [-0.2, 0) is 4.79 Å². The Morgan fingerprint density at radius 3 is 2.33 bits per heavy atom. The zero-order valence-corrected chi connectivity index (χ0v) is 12.6. The molecule has 0 aromatic carbocycles. The smallest absolute Gasteiger partial charge is 0.222 e. The van der Waals surface area contributed by atoms with E-state index in [-0.39, 0.29) is 0 Å². The maximum Gasteiger partial charge on any atom is 0.222 e. The molecule has 0 spiro atoms. The largest absolute Gasteiger partial charge is 0.341 e. The van der Waals surface area contributed by atoms with E-state index >= 15 is 0 Å². The third-order valence-corrected chi connectivity index (χ3v) is 3.17. The molecule has 1 unspecified atom stereocenters. The molecule has 0 saturated heterocycles. The van der Waals surface area contributed by atoms with Crippen molar-refractivity contribution in [3.05, 3.63) is 0 Å². The summed E-state index contributed by atoms with van der Waals surface area (Å²) in [5, 5.41) is 0. The minimum Gasteiger partial charge on any atom is -0.341 e. The van der Waals surface area contributed by atoms with E-state index in [2.05, 4.69) is 18.7 Å². The molecule has 2 N–H and O–H groups in total. The van der Waals surface area contributed by atoms with E-state index in [9.17, 15) is 4.79 Å². The molecule has 1 atom stereocenters. The fourth-order valence-electron chi connectivity index (χ4n) is 1.91. The third-order valence-electron chi connectivity index (χ3n) is 3.17. The molecule has 0 saturated carbocycles.